The number of amides is 1. The summed E-state index contributed by atoms with van der Waals surface area (Å²) in [6.45, 7) is 5.45. The van der Waals surface area contributed by atoms with E-state index in [1.807, 2.05) is 68.6 Å². The molecule has 0 saturated heterocycles. The van der Waals surface area contributed by atoms with Gasteiger partial charge >= 0.3 is 5.97 Å². The third-order valence-electron chi connectivity index (χ3n) is 3.22. The van der Waals surface area contributed by atoms with E-state index in [4.69, 9.17) is 4.74 Å². The molecule has 24 heavy (non-hydrogen) atoms. The second-order valence-corrected chi connectivity index (χ2v) is 7.63. The Hall–Kier alpha value is -2.14. The number of hydrogen-bond acceptors (Lipinski definition) is 4. The van der Waals surface area contributed by atoms with Crippen LogP contribution >= 0.6 is 11.3 Å². The summed E-state index contributed by atoms with van der Waals surface area (Å²) in [5.41, 5.74) is 0.384. The summed E-state index contributed by atoms with van der Waals surface area (Å²) in [6.07, 6.45) is 0.678. The van der Waals surface area contributed by atoms with Gasteiger partial charge in [-0.1, -0.05) is 36.4 Å². The van der Waals surface area contributed by atoms with E-state index in [-0.39, 0.29) is 12.3 Å². The zero-order valence-electron chi connectivity index (χ0n) is 14.2. The minimum Gasteiger partial charge on any atom is -0.458 e. The summed E-state index contributed by atoms with van der Waals surface area (Å²) in [7, 11) is 0. The van der Waals surface area contributed by atoms with Crippen molar-refractivity contribution in [3.05, 3.63) is 58.3 Å². The van der Waals surface area contributed by atoms with Crippen LogP contribution in [0.5, 0.6) is 0 Å². The van der Waals surface area contributed by atoms with Crippen molar-refractivity contribution in [3.8, 4) is 0 Å². The Labute approximate surface area is 146 Å². The molecule has 128 valence electrons. The van der Waals surface area contributed by atoms with Gasteiger partial charge in [0.2, 0.25) is 5.91 Å². The third kappa shape index (κ3) is 6.16. The van der Waals surface area contributed by atoms with Gasteiger partial charge in [-0.25, -0.2) is 4.79 Å². The molecule has 1 atom stereocenters. The van der Waals surface area contributed by atoms with Gasteiger partial charge in [-0.15, -0.1) is 11.3 Å². The highest BCUT2D eigenvalue weighted by atomic mass is 32.1. The summed E-state index contributed by atoms with van der Waals surface area (Å²) < 4.78 is 5.46. The predicted octanol–water partition coefficient (Wildman–Crippen LogP) is 3.36. The van der Waals surface area contributed by atoms with E-state index in [9.17, 15) is 9.59 Å². The Balaban J connectivity index is 2.06. The lowest BCUT2D eigenvalue weighted by Gasteiger charge is -2.24. The quantitative estimate of drug-likeness (QED) is 0.817. The molecular weight excluding hydrogens is 322 g/mol. The number of thiophene rings is 1. The van der Waals surface area contributed by atoms with Gasteiger partial charge < -0.3 is 10.1 Å². The minimum atomic E-state index is -0.695. The van der Waals surface area contributed by atoms with Crippen molar-refractivity contribution in [1.82, 2.24) is 5.32 Å². The molecule has 5 heteroatoms. The zero-order valence-corrected chi connectivity index (χ0v) is 15.1. The van der Waals surface area contributed by atoms with E-state index in [0.29, 0.717) is 6.42 Å². The van der Waals surface area contributed by atoms with Crippen LogP contribution in [-0.2, 0) is 27.2 Å². The molecule has 0 radical (unpaired) electrons. The van der Waals surface area contributed by atoms with Crippen LogP contribution in [0.15, 0.2) is 47.8 Å². The van der Waals surface area contributed by atoms with Gasteiger partial charge in [-0.3, -0.25) is 4.79 Å². The Morgan fingerprint density at radius 2 is 1.83 bits per heavy atom. The average molecular weight is 345 g/mol. The fourth-order valence-corrected chi connectivity index (χ4v) is 2.94. The number of rotatable bonds is 6. The van der Waals surface area contributed by atoms with Crippen LogP contribution in [0, 0.1) is 0 Å². The number of nitrogens with one attached hydrogen (secondary N) is 1. The van der Waals surface area contributed by atoms with Gasteiger partial charge in [-0.2, -0.15) is 0 Å². The van der Waals surface area contributed by atoms with Crippen LogP contribution in [0.2, 0.25) is 0 Å². The second kappa shape index (κ2) is 8.11. The van der Waals surface area contributed by atoms with Crippen LogP contribution in [0.4, 0.5) is 0 Å². The molecule has 1 heterocycles. The lowest BCUT2D eigenvalue weighted by Crippen LogP contribution is -2.46. The molecule has 1 amide bonds. The third-order valence-corrected chi connectivity index (χ3v) is 4.10. The van der Waals surface area contributed by atoms with Crippen molar-refractivity contribution in [2.75, 3.05) is 0 Å². The molecule has 0 unspecified atom stereocenters. The average Bonchev–Trinajstić information content (AvgIpc) is 2.98. The van der Waals surface area contributed by atoms with Crippen molar-refractivity contribution < 1.29 is 14.3 Å². The van der Waals surface area contributed by atoms with Gasteiger partial charge in [0.25, 0.3) is 0 Å². The van der Waals surface area contributed by atoms with Gasteiger partial charge in [-0.05, 0) is 37.8 Å². The first-order chi connectivity index (χ1) is 11.3. The second-order valence-electron chi connectivity index (χ2n) is 6.60. The molecular formula is C19H23NO3S. The van der Waals surface area contributed by atoms with Gasteiger partial charge in [0, 0.05) is 11.3 Å². The van der Waals surface area contributed by atoms with Crippen LogP contribution in [0.3, 0.4) is 0 Å². The van der Waals surface area contributed by atoms with Crippen LogP contribution in [0.25, 0.3) is 0 Å². The highest BCUT2D eigenvalue weighted by Gasteiger charge is 2.27. The maximum Gasteiger partial charge on any atom is 0.329 e. The molecule has 0 saturated carbocycles. The Morgan fingerprint density at radius 1 is 1.12 bits per heavy atom. The van der Waals surface area contributed by atoms with E-state index < -0.39 is 17.6 Å². The van der Waals surface area contributed by atoms with Crippen molar-refractivity contribution in [2.45, 2.75) is 45.3 Å². The monoisotopic (exact) mass is 345 g/mol. The molecule has 1 aromatic carbocycles. The molecule has 0 bridgehead atoms. The van der Waals surface area contributed by atoms with Gasteiger partial charge in [0.05, 0.1) is 6.42 Å². The maximum atomic E-state index is 12.5. The van der Waals surface area contributed by atoms with Crippen LogP contribution in [0.1, 0.15) is 31.2 Å². The number of ether oxygens (including phenoxy) is 1. The van der Waals surface area contributed by atoms with E-state index in [0.717, 1.165) is 10.4 Å². The Morgan fingerprint density at radius 3 is 2.42 bits per heavy atom. The molecule has 1 N–H and O–H groups in total. The molecule has 1 aromatic heterocycles. The fraction of sp³-hybridized carbons (Fsp3) is 0.368. The Kier molecular flexibility index (Phi) is 6.15. The number of carbonyl (C=O) groups is 2. The SMILES string of the molecule is CC(C)(C)OC(=O)[C@H](Cc1ccccc1)NC(=O)Cc1cccs1. The maximum absolute atomic E-state index is 12.5. The standard InChI is InChI=1S/C19H23NO3S/c1-19(2,3)23-18(22)16(12-14-8-5-4-6-9-14)20-17(21)13-15-10-7-11-24-15/h4-11,16H,12-13H2,1-3H3,(H,20,21)/t16-/m0/s1. The molecule has 2 aromatic rings. The van der Waals surface area contributed by atoms with E-state index in [1.54, 1.807) is 0 Å². The summed E-state index contributed by atoms with van der Waals surface area (Å²) in [5.74, 6) is -0.588. The molecule has 0 fully saturated rings. The normalized spacial score (nSPS) is 12.5. The highest BCUT2D eigenvalue weighted by molar-refractivity contribution is 7.10. The van der Waals surface area contributed by atoms with E-state index in [1.165, 1.54) is 11.3 Å². The van der Waals surface area contributed by atoms with E-state index >= 15 is 0 Å². The zero-order chi connectivity index (χ0) is 17.6. The number of carbonyl (C=O) groups excluding carboxylic acids is 2. The molecule has 2 rings (SSSR count). The fourth-order valence-electron chi connectivity index (χ4n) is 2.23. The number of benzene rings is 1. The lowest BCUT2D eigenvalue weighted by atomic mass is 10.1. The van der Waals surface area contributed by atoms with Crippen molar-refractivity contribution in [1.29, 1.82) is 0 Å². The van der Waals surface area contributed by atoms with E-state index in [2.05, 4.69) is 5.32 Å². The van der Waals surface area contributed by atoms with Crippen LogP contribution < -0.4 is 5.32 Å². The molecule has 0 aliphatic carbocycles. The first-order valence-electron chi connectivity index (χ1n) is 7.92. The molecule has 0 spiro atoms. The summed E-state index contributed by atoms with van der Waals surface area (Å²) in [4.78, 5) is 25.7. The van der Waals surface area contributed by atoms with Crippen LogP contribution in [-0.4, -0.2) is 23.5 Å². The highest BCUT2D eigenvalue weighted by Crippen LogP contribution is 2.13. The molecule has 0 aliphatic heterocycles. The topological polar surface area (TPSA) is 55.4 Å². The first-order valence-corrected chi connectivity index (χ1v) is 8.80. The Bertz CT molecular complexity index is 660. The minimum absolute atomic E-state index is 0.177. The first kappa shape index (κ1) is 18.2. The van der Waals surface area contributed by atoms with Crippen molar-refractivity contribution in [3.63, 3.8) is 0 Å². The predicted molar refractivity (Wildman–Crippen MR) is 95.9 cm³/mol. The lowest BCUT2D eigenvalue weighted by molar-refractivity contribution is -0.158. The summed E-state index contributed by atoms with van der Waals surface area (Å²) >= 11 is 1.52. The van der Waals surface area contributed by atoms with Gasteiger partial charge in [0.15, 0.2) is 0 Å². The molecule has 4 nitrogen and oxygen atoms in total. The smallest absolute Gasteiger partial charge is 0.329 e. The summed E-state index contributed by atoms with van der Waals surface area (Å²) in [6, 6.07) is 12.7. The van der Waals surface area contributed by atoms with Crippen molar-refractivity contribution >= 4 is 23.2 Å². The largest absolute Gasteiger partial charge is 0.458 e. The van der Waals surface area contributed by atoms with Crippen molar-refractivity contribution in [2.24, 2.45) is 0 Å². The molecule has 0 aliphatic rings. The number of hydrogen-bond donors (Lipinski definition) is 1. The summed E-state index contributed by atoms with van der Waals surface area (Å²) in [5, 5.41) is 4.75. The number of esters is 1. The van der Waals surface area contributed by atoms with Gasteiger partial charge in [0.1, 0.15) is 11.6 Å².